The standard InChI is InChI=1S/C29H31F3N4O3/c30-29(31,32)25(22-11-5-2-6-12-22)34-26(38)35-16-15-28(39,27(18-35)13-7-8-14-27)19-36-20-33-23(17-24(36)37)21-9-3-1-4-10-21/h1-6,9-12,17,20,25,39H,7-8,13-16,18-19H2,(H,34,38)/t25?,28-/m1/s1. The molecular formula is C29H31F3N4O3. The van der Waals surface area contributed by atoms with Gasteiger partial charge in [-0.3, -0.25) is 9.36 Å². The fraction of sp³-hybridized carbons (Fsp3) is 0.414. The number of piperidine rings is 1. The molecule has 2 aliphatic rings. The van der Waals surface area contributed by atoms with Gasteiger partial charge in [0.15, 0.2) is 6.04 Å². The summed E-state index contributed by atoms with van der Waals surface area (Å²) in [6.07, 6.45) is -0.232. The van der Waals surface area contributed by atoms with Crippen molar-refractivity contribution in [3.8, 4) is 11.3 Å². The Morgan fingerprint density at radius 2 is 1.67 bits per heavy atom. The van der Waals surface area contributed by atoms with Crippen molar-refractivity contribution < 1.29 is 23.1 Å². The normalized spacial score (nSPS) is 21.6. The number of benzene rings is 2. The maximum atomic E-state index is 13.9. The largest absolute Gasteiger partial charge is 0.412 e. The monoisotopic (exact) mass is 540 g/mol. The molecule has 1 saturated heterocycles. The van der Waals surface area contributed by atoms with Crippen LogP contribution in [-0.2, 0) is 6.54 Å². The Morgan fingerprint density at radius 1 is 1.03 bits per heavy atom. The number of rotatable bonds is 5. The Balaban J connectivity index is 1.35. The van der Waals surface area contributed by atoms with Gasteiger partial charge in [-0.05, 0) is 24.8 Å². The van der Waals surface area contributed by atoms with E-state index in [1.165, 1.54) is 46.1 Å². The number of carbonyl (C=O) groups is 1. The van der Waals surface area contributed by atoms with E-state index in [0.29, 0.717) is 18.5 Å². The first kappa shape index (κ1) is 26.9. The molecule has 2 N–H and O–H groups in total. The van der Waals surface area contributed by atoms with E-state index in [-0.39, 0.29) is 37.2 Å². The molecule has 0 radical (unpaired) electrons. The van der Waals surface area contributed by atoms with Gasteiger partial charge in [-0.15, -0.1) is 0 Å². The van der Waals surface area contributed by atoms with Crippen LogP contribution in [0.3, 0.4) is 0 Å². The van der Waals surface area contributed by atoms with Crippen molar-refractivity contribution >= 4 is 6.03 Å². The van der Waals surface area contributed by atoms with Crippen LogP contribution < -0.4 is 10.9 Å². The molecule has 1 aromatic heterocycles. The number of alkyl halides is 3. The van der Waals surface area contributed by atoms with E-state index in [0.717, 1.165) is 18.4 Å². The number of halogens is 3. The Morgan fingerprint density at radius 3 is 2.28 bits per heavy atom. The van der Waals surface area contributed by atoms with Crippen molar-refractivity contribution in [2.24, 2.45) is 5.41 Å². The summed E-state index contributed by atoms with van der Waals surface area (Å²) >= 11 is 0. The van der Waals surface area contributed by atoms with E-state index < -0.39 is 29.3 Å². The summed E-state index contributed by atoms with van der Waals surface area (Å²) < 4.78 is 43.0. The molecule has 1 unspecified atom stereocenters. The number of carbonyl (C=O) groups excluding carboxylic acids is 1. The van der Waals surface area contributed by atoms with Gasteiger partial charge in [0.1, 0.15) is 0 Å². The molecule has 2 heterocycles. The summed E-state index contributed by atoms with van der Waals surface area (Å²) in [4.78, 5) is 31.9. The number of hydrogen-bond donors (Lipinski definition) is 2. The number of hydrogen-bond acceptors (Lipinski definition) is 4. The lowest BCUT2D eigenvalue weighted by Crippen LogP contribution is -2.63. The van der Waals surface area contributed by atoms with E-state index in [1.54, 1.807) is 6.07 Å². The van der Waals surface area contributed by atoms with Crippen LogP contribution in [0.4, 0.5) is 18.0 Å². The number of amides is 2. The van der Waals surface area contributed by atoms with Crippen molar-refractivity contribution in [3.63, 3.8) is 0 Å². The van der Waals surface area contributed by atoms with Crippen LogP contribution in [-0.4, -0.2) is 50.5 Å². The molecule has 5 rings (SSSR count). The van der Waals surface area contributed by atoms with Crippen LogP contribution in [0.2, 0.25) is 0 Å². The first-order valence-electron chi connectivity index (χ1n) is 13.1. The van der Waals surface area contributed by atoms with E-state index in [2.05, 4.69) is 10.3 Å². The summed E-state index contributed by atoms with van der Waals surface area (Å²) in [5.74, 6) is 0. The second-order valence-corrected chi connectivity index (χ2v) is 10.6. The number of urea groups is 1. The third-order valence-electron chi connectivity index (χ3n) is 8.23. The Bertz CT molecular complexity index is 1360. The van der Waals surface area contributed by atoms with Crippen LogP contribution in [0, 0.1) is 5.41 Å². The van der Waals surface area contributed by atoms with E-state index in [4.69, 9.17) is 0 Å². The lowest BCUT2D eigenvalue weighted by molar-refractivity contribution is -0.157. The van der Waals surface area contributed by atoms with E-state index in [9.17, 15) is 27.9 Å². The second-order valence-electron chi connectivity index (χ2n) is 10.6. The minimum Gasteiger partial charge on any atom is -0.387 e. The molecule has 206 valence electrons. The van der Waals surface area contributed by atoms with E-state index >= 15 is 0 Å². The molecule has 2 amide bonds. The molecule has 3 aromatic rings. The van der Waals surface area contributed by atoms with Crippen molar-refractivity contribution in [3.05, 3.63) is 89.0 Å². The maximum Gasteiger partial charge on any atom is 0.412 e. The van der Waals surface area contributed by atoms with Gasteiger partial charge in [0.25, 0.3) is 5.56 Å². The minimum absolute atomic E-state index is 0.00143. The molecule has 2 fully saturated rings. The number of aliphatic hydroxyl groups is 1. The molecule has 1 aliphatic carbocycles. The number of aromatic nitrogens is 2. The zero-order chi connectivity index (χ0) is 27.7. The van der Waals surface area contributed by atoms with Crippen molar-refractivity contribution in [1.82, 2.24) is 19.8 Å². The quantitative estimate of drug-likeness (QED) is 0.481. The van der Waals surface area contributed by atoms with Crippen molar-refractivity contribution in [1.29, 1.82) is 0 Å². The average Bonchev–Trinajstić information content (AvgIpc) is 3.40. The zero-order valence-corrected chi connectivity index (χ0v) is 21.4. The molecule has 1 saturated carbocycles. The molecule has 0 bridgehead atoms. The van der Waals surface area contributed by atoms with Crippen molar-refractivity contribution in [2.45, 2.75) is 56.5 Å². The smallest absolute Gasteiger partial charge is 0.387 e. The second kappa shape index (κ2) is 10.5. The van der Waals surface area contributed by atoms with Crippen LogP contribution in [0.15, 0.2) is 77.9 Å². The van der Waals surface area contributed by atoms with Gasteiger partial charge >= 0.3 is 12.2 Å². The Hall–Kier alpha value is -3.66. The van der Waals surface area contributed by atoms with Gasteiger partial charge in [-0.2, -0.15) is 13.2 Å². The summed E-state index contributed by atoms with van der Waals surface area (Å²) in [5.41, 5.74) is -1.07. The lowest BCUT2D eigenvalue weighted by atomic mass is 9.66. The third-order valence-corrected chi connectivity index (χ3v) is 8.23. The molecule has 10 heteroatoms. The molecule has 39 heavy (non-hydrogen) atoms. The zero-order valence-electron chi connectivity index (χ0n) is 21.4. The number of likely N-dealkylation sites (tertiary alicyclic amines) is 1. The lowest BCUT2D eigenvalue weighted by Gasteiger charge is -2.52. The van der Waals surface area contributed by atoms with Gasteiger partial charge < -0.3 is 15.3 Å². The highest BCUT2D eigenvalue weighted by Gasteiger charge is 2.56. The predicted molar refractivity (Wildman–Crippen MR) is 140 cm³/mol. The fourth-order valence-electron chi connectivity index (χ4n) is 6.08. The van der Waals surface area contributed by atoms with Gasteiger partial charge in [0, 0.05) is 30.1 Å². The molecule has 2 atom stereocenters. The maximum absolute atomic E-state index is 13.9. The first-order chi connectivity index (χ1) is 18.6. The third kappa shape index (κ3) is 5.43. The highest BCUT2D eigenvalue weighted by Crippen LogP contribution is 2.51. The highest BCUT2D eigenvalue weighted by atomic mass is 19.4. The topological polar surface area (TPSA) is 87.5 Å². The summed E-state index contributed by atoms with van der Waals surface area (Å²) in [6.45, 7) is 0.172. The van der Waals surface area contributed by atoms with Gasteiger partial charge in [-0.1, -0.05) is 73.5 Å². The van der Waals surface area contributed by atoms with E-state index in [1.807, 2.05) is 30.3 Å². The number of nitrogens with zero attached hydrogens (tertiary/aromatic N) is 3. The SMILES string of the molecule is O=C(NC(c1ccccc1)C(F)(F)F)N1CC[C@@](O)(Cn2cnc(-c3ccccc3)cc2=O)C2(CCCC2)C1. The van der Waals surface area contributed by atoms with Crippen LogP contribution in [0.5, 0.6) is 0 Å². The van der Waals surface area contributed by atoms with Crippen LogP contribution in [0.1, 0.15) is 43.7 Å². The molecule has 2 aromatic carbocycles. The van der Waals surface area contributed by atoms with Gasteiger partial charge in [0.2, 0.25) is 0 Å². The Labute approximate surface area is 224 Å². The average molecular weight is 541 g/mol. The first-order valence-corrected chi connectivity index (χ1v) is 13.1. The summed E-state index contributed by atoms with van der Waals surface area (Å²) in [5, 5.41) is 14.1. The Kier molecular flexibility index (Phi) is 7.24. The van der Waals surface area contributed by atoms with Gasteiger partial charge in [-0.25, -0.2) is 9.78 Å². The molecular weight excluding hydrogens is 509 g/mol. The minimum atomic E-state index is -4.67. The molecule has 1 aliphatic heterocycles. The summed E-state index contributed by atoms with van der Waals surface area (Å²) in [6, 6.07) is 15.1. The molecule has 1 spiro atoms. The van der Waals surface area contributed by atoms with Crippen molar-refractivity contribution in [2.75, 3.05) is 13.1 Å². The predicted octanol–water partition coefficient (Wildman–Crippen LogP) is 4.92. The fourth-order valence-corrected chi connectivity index (χ4v) is 6.08. The van der Waals surface area contributed by atoms with Gasteiger partial charge in [0.05, 0.1) is 24.2 Å². The number of nitrogens with one attached hydrogen (secondary N) is 1. The summed E-state index contributed by atoms with van der Waals surface area (Å²) in [7, 11) is 0. The molecule has 7 nitrogen and oxygen atoms in total. The highest BCUT2D eigenvalue weighted by molar-refractivity contribution is 5.75. The van der Waals surface area contributed by atoms with Crippen LogP contribution >= 0.6 is 0 Å². The van der Waals surface area contributed by atoms with Crippen LogP contribution in [0.25, 0.3) is 11.3 Å².